The molecule has 1 aromatic rings. The number of halogens is 1. The number of nitrogens with zero attached hydrogens (tertiary/aromatic N) is 1. The Hall–Kier alpha value is -0.830. The number of fused-ring (bicyclic) bond motifs is 1. The summed E-state index contributed by atoms with van der Waals surface area (Å²) in [6, 6.07) is 5.84. The van der Waals surface area contributed by atoms with Crippen molar-refractivity contribution in [3.8, 4) is 5.75 Å². The molecule has 2 rings (SSSR count). The maximum Gasteiger partial charge on any atom is 0.145 e. The fourth-order valence-electron chi connectivity index (χ4n) is 1.12. The van der Waals surface area contributed by atoms with E-state index in [1.54, 1.807) is 0 Å². The van der Waals surface area contributed by atoms with E-state index in [4.69, 9.17) is 4.74 Å². The number of hydrogen-bond donors (Lipinski definition) is 0. The molecule has 0 radical (unpaired) electrons. The molecular weight excluding hydrogens is 218 g/mol. The van der Waals surface area contributed by atoms with Crippen LogP contribution in [0.1, 0.15) is 6.92 Å². The highest BCUT2D eigenvalue weighted by molar-refractivity contribution is 9.10. The molecular formula is C9H8BrNO. The third kappa shape index (κ3) is 1.37. The van der Waals surface area contributed by atoms with Crippen LogP contribution < -0.4 is 4.74 Å². The monoisotopic (exact) mass is 225 g/mol. The van der Waals surface area contributed by atoms with Gasteiger partial charge in [0.2, 0.25) is 0 Å². The normalized spacial score (nSPS) is 14.7. The Morgan fingerprint density at radius 3 is 3.17 bits per heavy atom. The Balaban J connectivity index is 2.53. The first-order chi connectivity index (χ1) is 5.75. The lowest BCUT2D eigenvalue weighted by Gasteiger charge is -2.14. The summed E-state index contributed by atoms with van der Waals surface area (Å²) in [4.78, 5) is 4.37. The van der Waals surface area contributed by atoms with Gasteiger partial charge < -0.3 is 4.74 Å². The minimum atomic E-state index is 0.606. The second-order valence-electron chi connectivity index (χ2n) is 2.75. The van der Waals surface area contributed by atoms with Crippen LogP contribution in [0.4, 0.5) is 5.69 Å². The van der Waals surface area contributed by atoms with E-state index in [0.29, 0.717) is 6.61 Å². The van der Waals surface area contributed by atoms with E-state index in [2.05, 4.69) is 20.9 Å². The molecule has 62 valence electrons. The first-order valence-corrected chi connectivity index (χ1v) is 4.51. The van der Waals surface area contributed by atoms with Crippen LogP contribution in [0.25, 0.3) is 0 Å². The smallest absolute Gasteiger partial charge is 0.145 e. The Bertz CT molecular complexity index is 346. The van der Waals surface area contributed by atoms with Gasteiger partial charge in [-0.05, 0) is 25.1 Å². The van der Waals surface area contributed by atoms with Crippen molar-refractivity contribution >= 4 is 27.3 Å². The lowest BCUT2D eigenvalue weighted by molar-refractivity contribution is 0.371. The Morgan fingerprint density at radius 2 is 2.33 bits per heavy atom. The van der Waals surface area contributed by atoms with Gasteiger partial charge in [0, 0.05) is 4.47 Å². The number of rotatable bonds is 0. The standard InChI is InChI=1S/C9H8BrNO/c1-6-5-12-9-3-2-7(10)4-8(9)11-6/h2-4H,5H2,1H3. The first-order valence-electron chi connectivity index (χ1n) is 3.72. The number of aliphatic imine (C=N–C) groups is 1. The predicted octanol–water partition coefficient (Wildman–Crippen LogP) is 2.93. The van der Waals surface area contributed by atoms with Crippen LogP contribution in [-0.4, -0.2) is 12.3 Å². The maximum absolute atomic E-state index is 5.44. The molecule has 1 aliphatic heterocycles. The number of ether oxygens (including phenoxy) is 1. The van der Waals surface area contributed by atoms with Crippen molar-refractivity contribution in [2.75, 3.05) is 6.61 Å². The Kier molecular flexibility index (Phi) is 1.89. The van der Waals surface area contributed by atoms with E-state index in [-0.39, 0.29) is 0 Å². The quantitative estimate of drug-likeness (QED) is 0.666. The van der Waals surface area contributed by atoms with Crippen LogP contribution in [0.5, 0.6) is 5.75 Å². The molecule has 2 nitrogen and oxygen atoms in total. The van der Waals surface area contributed by atoms with Crippen molar-refractivity contribution < 1.29 is 4.74 Å². The van der Waals surface area contributed by atoms with Crippen LogP contribution in [0.2, 0.25) is 0 Å². The summed E-state index contributed by atoms with van der Waals surface area (Å²) in [5, 5.41) is 0. The number of hydrogen-bond acceptors (Lipinski definition) is 2. The molecule has 0 N–H and O–H groups in total. The van der Waals surface area contributed by atoms with Gasteiger partial charge in [-0.2, -0.15) is 0 Å². The van der Waals surface area contributed by atoms with Crippen LogP contribution in [0.15, 0.2) is 27.7 Å². The van der Waals surface area contributed by atoms with Crippen LogP contribution in [0, 0.1) is 0 Å². The second kappa shape index (κ2) is 2.90. The zero-order valence-corrected chi connectivity index (χ0v) is 8.26. The SMILES string of the molecule is CC1=Nc2cc(Br)ccc2OC1. The van der Waals surface area contributed by atoms with Gasteiger partial charge in [0.15, 0.2) is 0 Å². The molecule has 0 bridgehead atoms. The third-order valence-corrected chi connectivity index (χ3v) is 2.16. The van der Waals surface area contributed by atoms with E-state index in [0.717, 1.165) is 21.6 Å². The molecule has 0 spiro atoms. The van der Waals surface area contributed by atoms with Gasteiger partial charge in [-0.3, -0.25) is 4.99 Å². The van der Waals surface area contributed by atoms with Crippen molar-refractivity contribution in [3.05, 3.63) is 22.7 Å². The molecule has 0 aliphatic carbocycles. The molecule has 3 heteroatoms. The first kappa shape index (κ1) is 7.80. The lowest BCUT2D eigenvalue weighted by Crippen LogP contribution is -2.10. The van der Waals surface area contributed by atoms with Crippen LogP contribution >= 0.6 is 15.9 Å². The average Bonchev–Trinajstić information content (AvgIpc) is 2.03. The van der Waals surface area contributed by atoms with Crippen molar-refractivity contribution in [3.63, 3.8) is 0 Å². The van der Waals surface area contributed by atoms with Crippen molar-refractivity contribution in [1.29, 1.82) is 0 Å². The summed E-state index contributed by atoms with van der Waals surface area (Å²) >= 11 is 3.39. The van der Waals surface area contributed by atoms with Crippen LogP contribution in [0.3, 0.4) is 0 Å². The maximum atomic E-state index is 5.44. The highest BCUT2D eigenvalue weighted by atomic mass is 79.9. The molecule has 1 aliphatic rings. The van der Waals surface area contributed by atoms with Gasteiger partial charge in [-0.1, -0.05) is 15.9 Å². The van der Waals surface area contributed by atoms with E-state index < -0.39 is 0 Å². The summed E-state index contributed by atoms with van der Waals surface area (Å²) in [5.41, 5.74) is 1.92. The summed E-state index contributed by atoms with van der Waals surface area (Å²) < 4.78 is 6.47. The molecule has 0 aromatic heterocycles. The number of benzene rings is 1. The highest BCUT2D eigenvalue weighted by Gasteiger charge is 2.09. The second-order valence-corrected chi connectivity index (χ2v) is 3.66. The zero-order chi connectivity index (χ0) is 8.55. The van der Waals surface area contributed by atoms with Gasteiger partial charge in [-0.25, -0.2) is 0 Å². The fraction of sp³-hybridized carbons (Fsp3) is 0.222. The van der Waals surface area contributed by atoms with Gasteiger partial charge in [0.25, 0.3) is 0 Å². The minimum Gasteiger partial charge on any atom is -0.485 e. The van der Waals surface area contributed by atoms with Gasteiger partial charge in [0.05, 0.1) is 5.71 Å². The summed E-state index contributed by atoms with van der Waals surface area (Å²) in [6.45, 7) is 2.57. The zero-order valence-electron chi connectivity index (χ0n) is 6.67. The van der Waals surface area contributed by atoms with Crippen molar-refractivity contribution in [1.82, 2.24) is 0 Å². The molecule has 0 saturated carbocycles. The van der Waals surface area contributed by atoms with Crippen LogP contribution in [-0.2, 0) is 0 Å². The topological polar surface area (TPSA) is 21.6 Å². The van der Waals surface area contributed by atoms with Crippen molar-refractivity contribution in [2.24, 2.45) is 4.99 Å². The molecule has 0 atom stereocenters. The molecule has 1 heterocycles. The Morgan fingerprint density at radius 1 is 1.50 bits per heavy atom. The summed E-state index contributed by atoms with van der Waals surface area (Å²) in [7, 11) is 0. The van der Waals surface area contributed by atoms with E-state index in [1.807, 2.05) is 25.1 Å². The van der Waals surface area contributed by atoms with E-state index in [1.165, 1.54) is 0 Å². The lowest BCUT2D eigenvalue weighted by atomic mass is 10.2. The van der Waals surface area contributed by atoms with Gasteiger partial charge in [-0.15, -0.1) is 0 Å². The predicted molar refractivity (Wildman–Crippen MR) is 52.4 cm³/mol. The Labute approximate surface area is 79.4 Å². The highest BCUT2D eigenvalue weighted by Crippen LogP contribution is 2.32. The molecule has 1 aromatic carbocycles. The molecule has 0 saturated heterocycles. The largest absolute Gasteiger partial charge is 0.485 e. The summed E-state index contributed by atoms with van der Waals surface area (Å²) in [5.74, 6) is 0.865. The van der Waals surface area contributed by atoms with Gasteiger partial charge >= 0.3 is 0 Å². The van der Waals surface area contributed by atoms with Crippen molar-refractivity contribution in [2.45, 2.75) is 6.92 Å². The fourth-order valence-corrected chi connectivity index (χ4v) is 1.47. The van der Waals surface area contributed by atoms with E-state index in [9.17, 15) is 0 Å². The minimum absolute atomic E-state index is 0.606. The molecule has 12 heavy (non-hydrogen) atoms. The molecule has 0 unspecified atom stereocenters. The average molecular weight is 226 g/mol. The third-order valence-electron chi connectivity index (χ3n) is 1.67. The van der Waals surface area contributed by atoms with E-state index >= 15 is 0 Å². The summed E-state index contributed by atoms with van der Waals surface area (Å²) in [6.07, 6.45) is 0. The van der Waals surface area contributed by atoms with Gasteiger partial charge in [0.1, 0.15) is 18.0 Å². The molecule has 0 amide bonds. The molecule has 0 fully saturated rings.